The fraction of sp³-hybridized carbons (Fsp3) is 0.0323. The molecular formula is C31H19F3N2. The van der Waals surface area contributed by atoms with E-state index in [-0.39, 0.29) is 0 Å². The van der Waals surface area contributed by atoms with Gasteiger partial charge in [-0.2, -0.15) is 13.2 Å². The summed E-state index contributed by atoms with van der Waals surface area (Å²) in [5.41, 5.74) is 5.90. The number of hydrogen-bond acceptors (Lipinski definition) is 0. The van der Waals surface area contributed by atoms with Gasteiger partial charge < -0.3 is 9.55 Å². The Labute approximate surface area is 204 Å². The monoisotopic (exact) mass is 476 g/mol. The molecule has 5 heteroatoms. The molecule has 36 heavy (non-hydrogen) atoms. The number of aromatic nitrogens is 2. The van der Waals surface area contributed by atoms with Crippen LogP contribution in [0.1, 0.15) is 5.56 Å². The zero-order chi connectivity index (χ0) is 24.4. The van der Waals surface area contributed by atoms with Crippen LogP contribution in [-0.4, -0.2) is 9.55 Å². The molecule has 0 atom stereocenters. The van der Waals surface area contributed by atoms with Gasteiger partial charge in [0.1, 0.15) is 0 Å². The van der Waals surface area contributed by atoms with E-state index in [9.17, 15) is 13.2 Å². The molecule has 2 heterocycles. The zero-order valence-electron chi connectivity index (χ0n) is 19.0. The van der Waals surface area contributed by atoms with Crippen LogP contribution in [0, 0.1) is 0 Å². The summed E-state index contributed by atoms with van der Waals surface area (Å²) in [6.07, 6.45) is -4.40. The molecule has 0 unspecified atom stereocenters. The SMILES string of the molecule is FC(F)(F)c1cccc(-n2c3ccccc3c3cc(-c4ccc5[nH]c6ccccc6c5c4)ccc32)c1. The Bertz CT molecular complexity index is 1940. The van der Waals surface area contributed by atoms with Gasteiger partial charge in [0, 0.05) is 38.3 Å². The van der Waals surface area contributed by atoms with Gasteiger partial charge in [-0.15, -0.1) is 0 Å². The van der Waals surface area contributed by atoms with Crippen LogP contribution in [0.2, 0.25) is 0 Å². The third-order valence-corrected chi connectivity index (χ3v) is 6.94. The number of rotatable bonds is 2. The van der Waals surface area contributed by atoms with Crippen LogP contribution in [-0.2, 0) is 6.18 Å². The predicted molar refractivity (Wildman–Crippen MR) is 141 cm³/mol. The standard InChI is InChI=1S/C31H19F3N2/c32-31(33,34)21-6-5-7-22(18-21)36-29-11-4-2-9-24(29)26-17-20(13-15-30(26)36)19-12-14-28-25(16-19)23-8-1-3-10-27(23)35-28/h1-18,35H. The van der Waals surface area contributed by atoms with Crippen molar-refractivity contribution in [3.05, 3.63) is 115 Å². The highest BCUT2D eigenvalue weighted by Crippen LogP contribution is 2.37. The summed E-state index contributed by atoms with van der Waals surface area (Å²) in [5, 5.41) is 4.34. The number of halogens is 3. The van der Waals surface area contributed by atoms with E-state index in [1.54, 1.807) is 6.07 Å². The van der Waals surface area contributed by atoms with Gasteiger partial charge in [0.05, 0.1) is 16.6 Å². The maximum absolute atomic E-state index is 13.5. The summed E-state index contributed by atoms with van der Waals surface area (Å²) in [6, 6.07) is 34.2. The second-order valence-corrected chi connectivity index (χ2v) is 9.06. The van der Waals surface area contributed by atoms with E-state index in [0.717, 1.165) is 55.4 Å². The van der Waals surface area contributed by atoms with Crippen molar-refractivity contribution >= 4 is 43.6 Å². The van der Waals surface area contributed by atoms with Crippen molar-refractivity contribution in [2.45, 2.75) is 6.18 Å². The summed E-state index contributed by atoms with van der Waals surface area (Å²) in [6.45, 7) is 0. The van der Waals surface area contributed by atoms with Crippen LogP contribution in [0.4, 0.5) is 13.2 Å². The maximum atomic E-state index is 13.5. The Morgan fingerprint density at radius 3 is 2.03 bits per heavy atom. The zero-order valence-corrected chi connectivity index (χ0v) is 19.0. The van der Waals surface area contributed by atoms with Gasteiger partial charge in [-0.1, -0.05) is 54.6 Å². The number of nitrogens with one attached hydrogen (secondary N) is 1. The van der Waals surface area contributed by atoms with Crippen molar-refractivity contribution < 1.29 is 13.2 Å². The lowest BCUT2D eigenvalue weighted by Gasteiger charge is -2.12. The van der Waals surface area contributed by atoms with Gasteiger partial charge >= 0.3 is 6.18 Å². The van der Waals surface area contributed by atoms with Crippen molar-refractivity contribution in [3.8, 4) is 16.8 Å². The van der Waals surface area contributed by atoms with E-state index >= 15 is 0 Å². The highest BCUT2D eigenvalue weighted by molar-refractivity contribution is 6.11. The van der Waals surface area contributed by atoms with E-state index in [2.05, 4.69) is 41.4 Å². The van der Waals surface area contributed by atoms with Gasteiger partial charge in [-0.3, -0.25) is 0 Å². The highest BCUT2D eigenvalue weighted by Gasteiger charge is 2.30. The fourth-order valence-corrected chi connectivity index (χ4v) is 5.28. The van der Waals surface area contributed by atoms with Crippen LogP contribution >= 0.6 is 0 Å². The lowest BCUT2D eigenvalue weighted by molar-refractivity contribution is -0.137. The smallest absolute Gasteiger partial charge is 0.355 e. The first-order valence-corrected chi connectivity index (χ1v) is 11.7. The number of H-pyrrole nitrogens is 1. The van der Waals surface area contributed by atoms with Crippen LogP contribution in [0.25, 0.3) is 60.4 Å². The molecule has 0 aliphatic carbocycles. The quantitative estimate of drug-likeness (QED) is 0.257. The second-order valence-electron chi connectivity index (χ2n) is 9.06. The van der Waals surface area contributed by atoms with E-state index in [1.807, 2.05) is 53.1 Å². The summed E-state index contributed by atoms with van der Waals surface area (Å²) in [7, 11) is 0. The molecular weight excluding hydrogens is 457 g/mol. The molecule has 7 aromatic rings. The first kappa shape index (κ1) is 20.8. The lowest BCUT2D eigenvalue weighted by Crippen LogP contribution is -2.06. The summed E-state index contributed by atoms with van der Waals surface area (Å²) < 4.78 is 42.3. The number of para-hydroxylation sites is 2. The average molecular weight is 477 g/mol. The minimum atomic E-state index is -4.40. The molecule has 2 aromatic heterocycles. The minimum absolute atomic E-state index is 0.490. The number of nitrogens with zero attached hydrogens (tertiary/aromatic N) is 1. The number of alkyl halides is 3. The molecule has 0 bridgehead atoms. The van der Waals surface area contributed by atoms with Crippen LogP contribution in [0.5, 0.6) is 0 Å². The fourth-order valence-electron chi connectivity index (χ4n) is 5.28. The molecule has 0 fully saturated rings. The number of hydrogen-bond donors (Lipinski definition) is 1. The number of benzene rings is 5. The topological polar surface area (TPSA) is 20.7 Å². The molecule has 0 radical (unpaired) electrons. The van der Waals surface area contributed by atoms with Crippen LogP contribution in [0.3, 0.4) is 0 Å². The summed E-state index contributed by atoms with van der Waals surface area (Å²) >= 11 is 0. The van der Waals surface area contributed by atoms with Gasteiger partial charge in [0.25, 0.3) is 0 Å². The Kier molecular flexibility index (Phi) is 4.33. The molecule has 0 saturated heterocycles. The van der Waals surface area contributed by atoms with Gasteiger partial charge in [-0.25, -0.2) is 0 Å². The Morgan fingerprint density at radius 1 is 0.528 bits per heavy atom. The van der Waals surface area contributed by atoms with E-state index in [1.165, 1.54) is 17.5 Å². The maximum Gasteiger partial charge on any atom is 0.416 e. The molecule has 0 amide bonds. The largest absolute Gasteiger partial charge is 0.416 e. The molecule has 0 spiro atoms. The lowest BCUT2D eigenvalue weighted by atomic mass is 10.0. The molecule has 1 N–H and O–H groups in total. The van der Waals surface area contributed by atoms with Gasteiger partial charge in [0.2, 0.25) is 0 Å². The first-order valence-electron chi connectivity index (χ1n) is 11.7. The second kappa shape index (κ2) is 7.49. The summed E-state index contributed by atoms with van der Waals surface area (Å²) in [5.74, 6) is 0. The van der Waals surface area contributed by atoms with Gasteiger partial charge in [-0.05, 0) is 65.7 Å². The average Bonchev–Trinajstić information content (AvgIpc) is 3.43. The summed E-state index contributed by atoms with van der Waals surface area (Å²) in [4.78, 5) is 3.46. The van der Waals surface area contributed by atoms with Crippen molar-refractivity contribution in [3.63, 3.8) is 0 Å². The number of aromatic amines is 1. The Morgan fingerprint density at radius 2 is 1.19 bits per heavy atom. The Hall–Kier alpha value is -4.51. The van der Waals surface area contributed by atoms with Crippen molar-refractivity contribution in [2.75, 3.05) is 0 Å². The molecule has 0 aliphatic heterocycles. The third kappa shape index (κ3) is 3.13. The van der Waals surface area contributed by atoms with Crippen LogP contribution < -0.4 is 0 Å². The third-order valence-electron chi connectivity index (χ3n) is 6.94. The molecule has 0 saturated carbocycles. The molecule has 5 aromatic carbocycles. The van der Waals surface area contributed by atoms with Gasteiger partial charge in [0.15, 0.2) is 0 Å². The minimum Gasteiger partial charge on any atom is -0.355 e. The van der Waals surface area contributed by atoms with E-state index in [0.29, 0.717) is 5.69 Å². The molecule has 174 valence electrons. The molecule has 2 nitrogen and oxygen atoms in total. The Balaban J connectivity index is 1.45. The van der Waals surface area contributed by atoms with E-state index < -0.39 is 11.7 Å². The molecule has 7 rings (SSSR count). The van der Waals surface area contributed by atoms with Crippen LogP contribution in [0.15, 0.2) is 109 Å². The highest BCUT2D eigenvalue weighted by atomic mass is 19.4. The van der Waals surface area contributed by atoms with Crippen molar-refractivity contribution in [1.29, 1.82) is 0 Å². The predicted octanol–water partition coefficient (Wildman–Crippen LogP) is 9.10. The van der Waals surface area contributed by atoms with Crippen molar-refractivity contribution in [2.24, 2.45) is 0 Å². The number of fused-ring (bicyclic) bond motifs is 6. The normalized spacial score (nSPS) is 12.3. The van der Waals surface area contributed by atoms with E-state index in [4.69, 9.17) is 0 Å². The first-order chi connectivity index (χ1) is 17.5. The van der Waals surface area contributed by atoms with Crippen molar-refractivity contribution in [1.82, 2.24) is 9.55 Å². The molecule has 0 aliphatic rings.